The van der Waals surface area contributed by atoms with Crippen LogP contribution in [0.1, 0.15) is 52.7 Å². The minimum absolute atomic E-state index is 0.00800. The molecule has 292 valence electrons. The highest BCUT2D eigenvalue weighted by molar-refractivity contribution is 6.94. The first kappa shape index (κ1) is 34.8. The third-order valence-electron chi connectivity index (χ3n) is 13.7. The molecule has 8 aromatic carbocycles. The zero-order valence-electron chi connectivity index (χ0n) is 35.2. The molecule has 61 heavy (non-hydrogen) atoms. The van der Waals surface area contributed by atoms with E-state index in [-0.39, 0.29) is 17.7 Å². The van der Waals surface area contributed by atoms with Gasteiger partial charge in [0.1, 0.15) is 16.7 Å². The van der Waals surface area contributed by atoms with Gasteiger partial charge in [0.25, 0.3) is 0 Å². The van der Waals surface area contributed by atoms with Crippen LogP contribution in [0.25, 0.3) is 93.6 Å². The first-order valence-corrected chi connectivity index (χ1v) is 21.5. The molecule has 11 aromatic rings. The summed E-state index contributed by atoms with van der Waals surface area (Å²) in [4.78, 5) is 2.59. The summed E-state index contributed by atoms with van der Waals surface area (Å²) in [5.74, 6) is 0. The fourth-order valence-corrected chi connectivity index (χ4v) is 10.6. The van der Waals surface area contributed by atoms with Gasteiger partial charge >= 0.3 is 6.85 Å². The molecule has 4 nitrogen and oxygen atoms in total. The van der Waals surface area contributed by atoms with E-state index in [2.05, 4.69) is 203 Å². The summed E-state index contributed by atoms with van der Waals surface area (Å²) in [7, 11) is 0. The fourth-order valence-electron chi connectivity index (χ4n) is 10.6. The third kappa shape index (κ3) is 4.72. The molecule has 0 N–H and O–H groups in total. The zero-order valence-corrected chi connectivity index (χ0v) is 35.2. The lowest BCUT2D eigenvalue weighted by atomic mass is 9.43. The van der Waals surface area contributed by atoms with Crippen molar-refractivity contribution in [3.8, 4) is 27.9 Å². The summed E-state index contributed by atoms with van der Waals surface area (Å²) in [6.07, 6.45) is 0. The predicted molar refractivity (Wildman–Crippen MR) is 257 cm³/mol. The molecule has 0 unspecified atom stereocenters. The quantitative estimate of drug-likeness (QED) is 0.164. The number of fused-ring (bicyclic) bond motifs is 14. The number of rotatable bonds is 2. The van der Waals surface area contributed by atoms with Crippen molar-refractivity contribution < 1.29 is 8.83 Å². The average molecular weight is 787 g/mol. The highest BCUT2D eigenvalue weighted by Gasteiger charge is 2.46. The monoisotopic (exact) mass is 786 g/mol. The fraction of sp³-hybridized carbons (Fsp3) is 0.143. The Labute approximate surface area is 354 Å². The minimum atomic E-state index is -0.188. The molecular weight excluding hydrogens is 743 g/mol. The zero-order chi connectivity index (χ0) is 41.1. The molecule has 0 atom stereocenters. The lowest BCUT2D eigenvalue weighted by molar-refractivity contribution is 0.590. The molecule has 0 bridgehead atoms. The van der Waals surface area contributed by atoms with E-state index >= 15 is 0 Å². The summed E-state index contributed by atoms with van der Waals surface area (Å²) < 4.78 is 16.6. The van der Waals surface area contributed by atoms with Crippen molar-refractivity contribution in [2.24, 2.45) is 0 Å². The topological polar surface area (TPSA) is 34.5 Å². The molecule has 0 amide bonds. The molecular formula is C56H43BN2O2. The maximum Gasteiger partial charge on any atom is 0.333 e. The number of aromatic nitrogens is 1. The number of hydrogen-bond acceptors (Lipinski definition) is 3. The molecule has 13 rings (SSSR count). The standard InChI is InChI=1S/C56H43BN2O2/c1-55(2,3)34-23-25-44-40(29-34)41-30-35(56(4,5)6)31-43-52(41)58(44)47-28-33(32-15-8-7-9-16-32)27-42-50-45(26-24-39-37-18-11-13-22-49(37)61-54(39)50)59(57(43)51(42)47)46-20-14-19-38-36-17-10-12-21-48(36)60-53(38)46/h7-31H,1-6H3. The second-order valence-corrected chi connectivity index (χ2v) is 19.3. The third-order valence-corrected chi connectivity index (χ3v) is 13.7. The van der Waals surface area contributed by atoms with E-state index < -0.39 is 0 Å². The van der Waals surface area contributed by atoms with Crippen molar-refractivity contribution in [2.45, 2.75) is 52.4 Å². The molecule has 5 heterocycles. The van der Waals surface area contributed by atoms with Crippen LogP contribution in [0.5, 0.6) is 0 Å². The molecule has 5 heteroatoms. The Hall–Kier alpha value is -6.98. The largest absolute Gasteiger partial charge is 0.455 e. The van der Waals surface area contributed by atoms with Crippen LogP contribution in [0, 0.1) is 0 Å². The van der Waals surface area contributed by atoms with Gasteiger partial charge in [-0.3, -0.25) is 0 Å². The Morgan fingerprint density at radius 2 is 1.11 bits per heavy atom. The number of para-hydroxylation sites is 3. The number of anilines is 2. The highest BCUT2D eigenvalue weighted by atomic mass is 16.3. The van der Waals surface area contributed by atoms with Crippen LogP contribution in [0.4, 0.5) is 11.4 Å². The number of nitrogens with zero attached hydrogens (tertiary/aromatic N) is 2. The van der Waals surface area contributed by atoms with Crippen molar-refractivity contribution >= 4 is 94.8 Å². The molecule has 3 aromatic heterocycles. The first-order valence-electron chi connectivity index (χ1n) is 21.5. The Bertz CT molecular complexity index is 3680. The Balaban J connectivity index is 1.26. The van der Waals surface area contributed by atoms with Gasteiger partial charge in [0, 0.05) is 49.3 Å². The Morgan fingerprint density at radius 3 is 1.85 bits per heavy atom. The van der Waals surface area contributed by atoms with Gasteiger partial charge < -0.3 is 18.2 Å². The van der Waals surface area contributed by atoms with Gasteiger partial charge in [-0.15, -0.1) is 0 Å². The Kier molecular flexibility index (Phi) is 6.77. The second kappa shape index (κ2) is 11.9. The lowest BCUT2D eigenvalue weighted by Crippen LogP contribution is -2.60. The van der Waals surface area contributed by atoms with Gasteiger partial charge in [-0.2, -0.15) is 0 Å². The van der Waals surface area contributed by atoms with Crippen LogP contribution in [-0.2, 0) is 10.8 Å². The second-order valence-electron chi connectivity index (χ2n) is 19.3. The number of benzene rings is 8. The summed E-state index contributed by atoms with van der Waals surface area (Å²) >= 11 is 0. The predicted octanol–water partition coefficient (Wildman–Crippen LogP) is 14.1. The highest BCUT2D eigenvalue weighted by Crippen LogP contribution is 2.51. The Morgan fingerprint density at radius 1 is 0.459 bits per heavy atom. The van der Waals surface area contributed by atoms with Crippen LogP contribution in [0.15, 0.2) is 160 Å². The van der Waals surface area contributed by atoms with Crippen molar-refractivity contribution in [1.29, 1.82) is 0 Å². The van der Waals surface area contributed by atoms with Gasteiger partial charge in [-0.25, -0.2) is 0 Å². The van der Waals surface area contributed by atoms with E-state index in [0.29, 0.717) is 0 Å². The summed E-state index contributed by atoms with van der Waals surface area (Å²) in [6.45, 7) is 13.8. The van der Waals surface area contributed by atoms with Crippen LogP contribution < -0.4 is 15.7 Å². The molecule has 0 spiro atoms. The molecule has 0 saturated heterocycles. The van der Waals surface area contributed by atoms with Crippen molar-refractivity contribution in [3.05, 3.63) is 163 Å². The maximum atomic E-state index is 7.03. The molecule has 0 radical (unpaired) electrons. The van der Waals surface area contributed by atoms with Gasteiger partial charge in [-0.1, -0.05) is 133 Å². The van der Waals surface area contributed by atoms with E-state index in [1.54, 1.807) is 0 Å². The van der Waals surface area contributed by atoms with Crippen LogP contribution in [0.3, 0.4) is 0 Å². The molecule has 0 fully saturated rings. The lowest BCUT2D eigenvalue weighted by Gasteiger charge is -2.42. The molecule has 2 aliphatic heterocycles. The maximum absolute atomic E-state index is 7.03. The summed E-state index contributed by atoms with van der Waals surface area (Å²) in [6, 6.07) is 56.0. The molecule has 0 aliphatic carbocycles. The molecule has 2 aliphatic rings. The smallest absolute Gasteiger partial charge is 0.333 e. The summed E-state index contributed by atoms with van der Waals surface area (Å²) in [5, 5.41) is 7.04. The van der Waals surface area contributed by atoms with Crippen LogP contribution in [-0.4, -0.2) is 11.4 Å². The van der Waals surface area contributed by atoms with E-state index in [4.69, 9.17) is 8.83 Å². The minimum Gasteiger partial charge on any atom is -0.455 e. The number of hydrogen-bond donors (Lipinski definition) is 0. The average Bonchev–Trinajstić information content (AvgIpc) is 3.94. The normalized spacial score (nSPS) is 13.7. The van der Waals surface area contributed by atoms with Crippen LogP contribution >= 0.6 is 0 Å². The van der Waals surface area contributed by atoms with E-state index in [0.717, 1.165) is 60.8 Å². The first-order chi connectivity index (χ1) is 29.5. The van der Waals surface area contributed by atoms with Gasteiger partial charge in [0.2, 0.25) is 0 Å². The van der Waals surface area contributed by atoms with Crippen molar-refractivity contribution in [2.75, 3.05) is 4.81 Å². The SMILES string of the molecule is CC(C)(C)c1ccc2c(c1)c1cc(C(C)(C)C)cc3c1n2-c1cc(-c2ccccc2)cc2c1B3N(c1cccc3c1oc1ccccc13)c1ccc3c(oc4ccccc43)c1-2. The van der Waals surface area contributed by atoms with E-state index in [1.165, 1.54) is 66.2 Å². The van der Waals surface area contributed by atoms with Crippen molar-refractivity contribution in [1.82, 2.24) is 4.57 Å². The van der Waals surface area contributed by atoms with Crippen LogP contribution in [0.2, 0.25) is 0 Å². The van der Waals surface area contributed by atoms with Gasteiger partial charge in [0.15, 0.2) is 5.58 Å². The van der Waals surface area contributed by atoms with Gasteiger partial charge in [-0.05, 0) is 110 Å². The van der Waals surface area contributed by atoms with Crippen molar-refractivity contribution in [3.63, 3.8) is 0 Å². The number of furan rings is 2. The molecule has 0 saturated carbocycles. The van der Waals surface area contributed by atoms with E-state index in [9.17, 15) is 0 Å². The summed E-state index contributed by atoms with van der Waals surface area (Å²) in [5.41, 5.74) is 19.1. The van der Waals surface area contributed by atoms with E-state index in [1.807, 2.05) is 0 Å². The van der Waals surface area contributed by atoms with Gasteiger partial charge in [0.05, 0.1) is 16.7 Å².